The van der Waals surface area contributed by atoms with Crippen molar-refractivity contribution in [1.29, 1.82) is 0 Å². The molecule has 0 bridgehead atoms. The molecule has 1 saturated carbocycles. The fourth-order valence-electron chi connectivity index (χ4n) is 3.08. The summed E-state index contributed by atoms with van der Waals surface area (Å²) < 4.78 is 0. The minimum atomic E-state index is 0.488. The van der Waals surface area contributed by atoms with Gasteiger partial charge in [-0.25, -0.2) is 0 Å². The van der Waals surface area contributed by atoms with E-state index < -0.39 is 0 Å². The Morgan fingerprint density at radius 1 is 1.20 bits per heavy atom. The Balaban J connectivity index is 1.90. The lowest BCUT2D eigenvalue weighted by Gasteiger charge is -2.26. The zero-order valence-electron chi connectivity index (χ0n) is 13.0. The van der Waals surface area contributed by atoms with Crippen molar-refractivity contribution in [3.63, 3.8) is 0 Å². The van der Waals surface area contributed by atoms with Crippen LogP contribution in [0.1, 0.15) is 57.6 Å². The summed E-state index contributed by atoms with van der Waals surface area (Å²) in [6, 6.07) is 11.4. The van der Waals surface area contributed by atoms with Crippen LogP contribution in [0.25, 0.3) is 0 Å². The Bertz CT molecular complexity index is 359. The molecule has 2 unspecified atom stereocenters. The van der Waals surface area contributed by atoms with Crippen LogP contribution in [0.5, 0.6) is 0 Å². The largest absolute Gasteiger partial charge is 0.309 e. The molecule has 0 amide bonds. The highest BCUT2D eigenvalue weighted by atomic mass is 32.2. The molecule has 0 aliphatic heterocycles. The predicted molar refractivity (Wildman–Crippen MR) is 91.4 cm³/mol. The monoisotopic (exact) mass is 291 g/mol. The molecule has 0 heterocycles. The minimum Gasteiger partial charge on any atom is -0.309 e. The van der Waals surface area contributed by atoms with Gasteiger partial charge in [0, 0.05) is 11.3 Å². The number of thioether (sulfide) groups is 1. The van der Waals surface area contributed by atoms with Crippen LogP contribution in [0, 0.1) is 5.92 Å². The molecule has 1 aromatic rings. The molecular formula is C18H29NS. The van der Waals surface area contributed by atoms with Crippen LogP contribution >= 0.6 is 11.8 Å². The second kappa shape index (κ2) is 8.74. The van der Waals surface area contributed by atoms with Gasteiger partial charge >= 0.3 is 0 Å². The van der Waals surface area contributed by atoms with Crippen molar-refractivity contribution in [3.05, 3.63) is 35.9 Å². The van der Waals surface area contributed by atoms with E-state index in [-0.39, 0.29) is 0 Å². The molecule has 1 fully saturated rings. The number of hydrogen-bond donors (Lipinski definition) is 1. The lowest BCUT2D eigenvalue weighted by molar-refractivity contribution is 0.526. The van der Waals surface area contributed by atoms with Gasteiger partial charge < -0.3 is 5.32 Å². The Morgan fingerprint density at radius 3 is 2.55 bits per heavy atom. The Kier molecular flexibility index (Phi) is 6.95. The molecule has 1 nitrogen and oxygen atoms in total. The maximum atomic E-state index is 3.74. The van der Waals surface area contributed by atoms with Gasteiger partial charge in [-0.05, 0) is 43.0 Å². The third-order valence-electron chi connectivity index (χ3n) is 4.31. The lowest BCUT2D eigenvalue weighted by atomic mass is 10.0. The second-order valence-corrected chi connectivity index (χ2v) is 7.44. The molecule has 1 N–H and O–H groups in total. The van der Waals surface area contributed by atoms with E-state index in [2.05, 4.69) is 61.3 Å². The first-order valence-electron chi connectivity index (χ1n) is 8.21. The fraction of sp³-hybridized carbons (Fsp3) is 0.667. The molecule has 112 valence electrons. The first kappa shape index (κ1) is 15.9. The first-order valence-corrected chi connectivity index (χ1v) is 9.26. The maximum absolute atomic E-state index is 3.74. The van der Waals surface area contributed by atoms with E-state index in [9.17, 15) is 0 Å². The topological polar surface area (TPSA) is 12.0 Å². The molecule has 2 heteroatoms. The average Bonchev–Trinajstić information content (AvgIpc) is 3.00. The maximum Gasteiger partial charge on any atom is 0.0437 e. The summed E-state index contributed by atoms with van der Waals surface area (Å²) >= 11 is 2.16. The Labute approximate surface area is 128 Å². The van der Waals surface area contributed by atoms with Gasteiger partial charge in [0.05, 0.1) is 0 Å². The van der Waals surface area contributed by atoms with E-state index in [1.165, 1.54) is 43.4 Å². The summed E-state index contributed by atoms with van der Waals surface area (Å²) in [6.07, 6.45) is 7.02. The van der Waals surface area contributed by atoms with Crippen LogP contribution in [0.3, 0.4) is 0 Å². The summed E-state index contributed by atoms with van der Waals surface area (Å²) in [7, 11) is 0. The molecular weight excluding hydrogens is 262 g/mol. The van der Waals surface area contributed by atoms with Gasteiger partial charge in [-0.2, -0.15) is 11.8 Å². The Morgan fingerprint density at radius 2 is 1.90 bits per heavy atom. The van der Waals surface area contributed by atoms with Crippen molar-refractivity contribution < 1.29 is 0 Å². The predicted octanol–water partition coefficient (Wildman–Crippen LogP) is 5.04. The fourth-order valence-corrected chi connectivity index (χ4v) is 4.43. The van der Waals surface area contributed by atoms with Crippen LogP contribution in [0.15, 0.2) is 30.3 Å². The molecule has 2 rings (SSSR count). The van der Waals surface area contributed by atoms with E-state index in [0.717, 1.165) is 12.5 Å². The highest BCUT2D eigenvalue weighted by Crippen LogP contribution is 2.33. The Hall–Kier alpha value is -0.470. The lowest BCUT2D eigenvalue weighted by Crippen LogP contribution is -2.29. The zero-order chi connectivity index (χ0) is 14.2. The van der Waals surface area contributed by atoms with Gasteiger partial charge in [0.15, 0.2) is 0 Å². The van der Waals surface area contributed by atoms with Crippen molar-refractivity contribution >= 4 is 11.8 Å². The van der Waals surface area contributed by atoms with Gasteiger partial charge in [-0.15, -0.1) is 0 Å². The molecule has 0 saturated heterocycles. The van der Waals surface area contributed by atoms with Gasteiger partial charge in [0.1, 0.15) is 0 Å². The molecule has 20 heavy (non-hydrogen) atoms. The molecule has 0 spiro atoms. The number of nitrogens with one attached hydrogen (secondary N) is 1. The van der Waals surface area contributed by atoms with E-state index in [1.807, 2.05) is 0 Å². The van der Waals surface area contributed by atoms with Crippen LogP contribution < -0.4 is 5.32 Å². The van der Waals surface area contributed by atoms with Crippen LogP contribution in [0.4, 0.5) is 0 Å². The first-order chi connectivity index (χ1) is 9.81. The van der Waals surface area contributed by atoms with E-state index in [0.29, 0.717) is 11.3 Å². The molecule has 1 aliphatic carbocycles. The summed E-state index contributed by atoms with van der Waals surface area (Å²) in [6.45, 7) is 5.74. The van der Waals surface area contributed by atoms with Gasteiger partial charge in [-0.1, -0.05) is 57.0 Å². The van der Waals surface area contributed by atoms with Crippen molar-refractivity contribution in [2.45, 2.75) is 57.2 Å². The SMILES string of the molecule is CCCNC(c1ccccc1)C(C)SCC1CCCC1. The summed E-state index contributed by atoms with van der Waals surface area (Å²) in [5.41, 5.74) is 1.44. The van der Waals surface area contributed by atoms with Crippen LogP contribution in [0.2, 0.25) is 0 Å². The number of rotatable bonds is 8. The van der Waals surface area contributed by atoms with Crippen molar-refractivity contribution in [3.8, 4) is 0 Å². The third kappa shape index (κ3) is 4.82. The van der Waals surface area contributed by atoms with Crippen LogP contribution in [-0.4, -0.2) is 17.5 Å². The normalized spacial score (nSPS) is 19.1. The number of hydrogen-bond acceptors (Lipinski definition) is 2. The minimum absolute atomic E-state index is 0.488. The van der Waals surface area contributed by atoms with E-state index in [1.54, 1.807) is 0 Å². The smallest absolute Gasteiger partial charge is 0.0437 e. The van der Waals surface area contributed by atoms with E-state index in [4.69, 9.17) is 0 Å². The van der Waals surface area contributed by atoms with Crippen molar-refractivity contribution in [1.82, 2.24) is 5.32 Å². The number of benzene rings is 1. The molecule has 1 aliphatic rings. The summed E-state index contributed by atoms with van der Waals surface area (Å²) in [5, 5.41) is 4.38. The van der Waals surface area contributed by atoms with E-state index >= 15 is 0 Å². The molecule has 0 radical (unpaired) electrons. The van der Waals surface area contributed by atoms with Crippen molar-refractivity contribution in [2.24, 2.45) is 5.92 Å². The standard InChI is InChI=1S/C18H29NS/c1-3-13-19-18(17-11-5-4-6-12-17)15(2)20-14-16-9-7-8-10-16/h4-6,11-12,15-16,18-19H,3,7-10,13-14H2,1-2H3. The van der Waals surface area contributed by atoms with Crippen LogP contribution in [-0.2, 0) is 0 Å². The molecule has 0 aromatic heterocycles. The zero-order valence-corrected chi connectivity index (χ0v) is 13.8. The molecule has 2 atom stereocenters. The van der Waals surface area contributed by atoms with Crippen molar-refractivity contribution in [2.75, 3.05) is 12.3 Å². The highest BCUT2D eigenvalue weighted by molar-refractivity contribution is 7.99. The highest BCUT2D eigenvalue weighted by Gasteiger charge is 2.21. The second-order valence-electron chi connectivity index (χ2n) is 6.03. The van der Waals surface area contributed by atoms with Gasteiger partial charge in [0.2, 0.25) is 0 Å². The third-order valence-corrected chi connectivity index (χ3v) is 5.77. The quantitative estimate of drug-likeness (QED) is 0.720. The summed E-state index contributed by atoms with van der Waals surface area (Å²) in [5.74, 6) is 2.32. The van der Waals surface area contributed by atoms with Gasteiger partial charge in [-0.3, -0.25) is 0 Å². The molecule has 1 aromatic carbocycles. The summed E-state index contributed by atoms with van der Waals surface area (Å²) in [4.78, 5) is 0. The average molecular weight is 292 g/mol. The van der Waals surface area contributed by atoms with Gasteiger partial charge in [0.25, 0.3) is 0 Å².